The van der Waals surface area contributed by atoms with E-state index in [0.717, 1.165) is 0 Å². The van der Waals surface area contributed by atoms with E-state index < -0.39 is 235 Å². The summed E-state index contributed by atoms with van der Waals surface area (Å²) in [6.45, 7) is 0. The van der Waals surface area contributed by atoms with Crippen LogP contribution in [-0.2, 0) is 0 Å². The van der Waals surface area contributed by atoms with Crippen LogP contribution < -0.4 is 4.90 Å². The third kappa shape index (κ3) is 4.05. The lowest BCUT2D eigenvalue weighted by molar-refractivity contribution is 0.672. The number of anilines is 3. The van der Waals surface area contributed by atoms with Crippen LogP contribution in [-0.4, -0.2) is 0 Å². The molecule has 0 aliphatic rings. The van der Waals surface area contributed by atoms with Crippen LogP contribution in [0.5, 0.6) is 0 Å². The minimum Gasteiger partial charge on any atom is -0.455 e. The van der Waals surface area contributed by atoms with Crippen molar-refractivity contribution >= 4 is 49.8 Å². The number of para-hydroxylation sites is 1. The van der Waals surface area contributed by atoms with Gasteiger partial charge in [0.25, 0.3) is 0 Å². The van der Waals surface area contributed by atoms with Gasteiger partial charge in [-0.25, -0.2) is 0 Å². The monoisotopic (exact) mass is 564 g/mol. The molecule has 8 rings (SSSR count). The van der Waals surface area contributed by atoms with E-state index in [-0.39, 0.29) is 0 Å². The second kappa shape index (κ2) is 10.1. The lowest BCUT2D eigenvalue weighted by Gasteiger charge is -2.26. The van der Waals surface area contributed by atoms with Gasteiger partial charge in [0, 0.05) is 22.1 Å². The zero-order chi connectivity index (χ0) is 51.4. The summed E-state index contributed by atoms with van der Waals surface area (Å²) in [7, 11) is 0. The van der Waals surface area contributed by atoms with E-state index in [2.05, 4.69) is 0 Å². The van der Waals surface area contributed by atoms with Gasteiger partial charge in [-0.2, -0.15) is 0 Å². The standard InChI is InChI=1S/C40H27NO/c1-4-13-28(14-5-1)29-23-25-32(26-24-29)41(31-17-8-3-9-18-31)37-21-12-22-38-39(37)36-27-35(30-15-6-2-7-16-30)33-19-10-11-20-34(33)40(36)42-38/h1-27H/i1D,2D,3D,4D,5D,6D,7D,8D,9D,10D,11D,12D,13D,14D,15D,16D,17D,18D,19D,20D,21D,22D,23D,24D,25D,26D,27D. The van der Waals surface area contributed by atoms with Crippen molar-refractivity contribution in [1.82, 2.24) is 0 Å². The summed E-state index contributed by atoms with van der Waals surface area (Å²) in [5.74, 6) is 0. The van der Waals surface area contributed by atoms with Crippen molar-refractivity contribution in [3.8, 4) is 22.3 Å². The van der Waals surface area contributed by atoms with Crippen molar-refractivity contribution in [2.75, 3.05) is 4.90 Å². The summed E-state index contributed by atoms with van der Waals surface area (Å²) in [6.07, 6.45) is 0. The van der Waals surface area contributed by atoms with E-state index in [1.54, 1.807) is 0 Å². The SMILES string of the molecule is [2H]c1c([2H])c([2H])c(-c2c([2H])c([2H])c(N(c3c([2H])c([2H])c([2H])c([2H])c3[2H])c3c([2H])c([2H])c([2H])c4oc5c6c([2H])c([2H])c([2H])c([2H])c6c(-c6c([2H])c([2H])c([2H])c([2H])c6[2H])c([2H])c5c34)c([2H])c2[2H])c([2H])c1[2H]. The van der Waals surface area contributed by atoms with Gasteiger partial charge in [-0.15, -0.1) is 0 Å². The number of furan rings is 1. The molecule has 0 radical (unpaired) electrons. The third-order valence-corrected chi connectivity index (χ3v) is 6.19. The predicted molar refractivity (Wildman–Crippen MR) is 177 cm³/mol. The Morgan fingerprint density at radius 1 is 0.452 bits per heavy atom. The van der Waals surface area contributed by atoms with Gasteiger partial charge >= 0.3 is 0 Å². The third-order valence-electron chi connectivity index (χ3n) is 6.19. The molecule has 0 atom stereocenters. The second-order valence-corrected chi connectivity index (χ2v) is 8.52. The minimum atomic E-state index is -1.20. The van der Waals surface area contributed by atoms with Crippen LogP contribution in [0.2, 0.25) is 0 Å². The van der Waals surface area contributed by atoms with E-state index in [1.807, 2.05) is 0 Å². The van der Waals surface area contributed by atoms with Gasteiger partial charge in [0.15, 0.2) is 0 Å². The predicted octanol–water partition coefficient (Wildman–Crippen LogP) is 11.5. The van der Waals surface area contributed by atoms with Gasteiger partial charge in [0.2, 0.25) is 0 Å². The Balaban J connectivity index is 1.70. The average Bonchev–Trinajstić information content (AvgIpc) is 3.72. The molecule has 0 saturated heterocycles. The molecule has 2 nitrogen and oxygen atoms in total. The van der Waals surface area contributed by atoms with Crippen molar-refractivity contribution in [3.05, 3.63) is 163 Å². The molecular weight excluding hydrogens is 510 g/mol. The molecule has 0 unspecified atom stereocenters. The van der Waals surface area contributed by atoms with Crippen LogP contribution in [0.1, 0.15) is 37.0 Å². The molecule has 0 saturated carbocycles. The number of hydrogen-bond donors (Lipinski definition) is 0. The molecule has 0 bridgehead atoms. The first-order chi connectivity index (χ1) is 32.1. The Labute approximate surface area is 282 Å². The molecule has 0 amide bonds. The number of hydrogen-bond acceptors (Lipinski definition) is 2. The molecule has 8 aromatic rings. The molecule has 0 spiro atoms. The largest absolute Gasteiger partial charge is 0.455 e. The van der Waals surface area contributed by atoms with Crippen LogP contribution in [0.3, 0.4) is 0 Å². The molecule has 2 heteroatoms. The zero-order valence-electron chi connectivity index (χ0n) is 47.9. The van der Waals surface area contributed by atoms with Crippen LogP contribution in [0.15, 0.2) is 168 Å². The highest BCUT2D eigenvalue weighted by Crippen LogP contribution is 2.46. The van der Waals surface area contributed by atoms with Crippen LogP contribution in [0.25, 0.3) is 55.0 Å². The van der Waals surface area contributed by atoms with Crippen LogP contribution in [0, 0.1) is 0 Å². The van der Waals surface area contributed by atoms with Crippen molar-refractivity contribution in [2.45, 2.75) is 0 Å². The molecule has 0 N–H and O–H groups in total. The molecule has 1 heterocycles. The summed E-state index contributed by atoms with van der Waals surface area (Å²) in [5, 5.41) is -2.66. The van der Waals surface area contributed by atoms with Crippen molar-refractivity contribution < 1.29 is 41.4 Å². The van der Waals surface area contributed by atoms with Gasteiger partial charge in [0.1, 0.15) is 11.2 Å². The number of rotatable bonds is 5. The van der Waals surface area contributed by atoms with Gasteiger partial charge < -0.3 is 9.32 Å². The first-order valence-electron chi connectivity index (χ1n) is 25.6. The molecule has 1 aromatic heterocycles. The van der Waals surface area contributed by atoms with Gasteiger partial charge in [0.05, 0.1) is 48.1 Å². The number of benzene rings is 7. The highest BCUT2D eigenvalue weighted by molar-refractivity contribution is 6.22. The van der Waals surface area contributed by atoms with Crippen LogP contribution >= 0.6 is 0 Å². The second-order valence-electron chi connectivity index (χ2n) is 8.52. The quantitative estimate of drug-likeness (QED) is 0.207. The minimum absolute atomic E-state index is 0.442. The topological polar surface area (TPSA) is 16.4 Å². The Morgan fingerprint density at radius 3 is 1.74 bits per heavy atom. The lowest BCUT2D eigenvalue weighted by atomic mass is 9.95. The maximum Gasteiger partial charge on any atom is 0.143 e. The molecular formula is C40H27NO. The smallest absolute Gasteiger partial charge is 0.143 e. The highest BCUT2D eigenvalue weighted by Gasteiger charge is 2.21. The van der Waals surface area contributed by atoms with Gasteiger partial charge in [-0.3, -0.25) is 0 Å². The van der Waals surface area contributed by atoms with Crippen molar-refractivity contribution in [1.29, 1.82) is 0 Å². The molecule has 0 fully saturated rings. The maximum atomic E-state index is 9.82. The van der Waals surface area contributed by atoms with E-state index in [1.165, 1.54) is 0 Å². The molecule has 198 valence electrons. The molecule has 7 aromatic carbocycles. The normalized spacial score (nSPS) is 20.3. The summed E-state index contributed by atoms with van der Waals surface area (Å²) in [5.41, 5.74) is -7.68. The fourth-order valence-corrected chi connectivity index (χ4v) is 4.45. The molecule has 0 aliphatic heterocycles. The maximum absolute atomic E-state index is 9.82. The van der Waals surface area contributed by atoms with Crippen molar-refractivity contribution in [3.63, 3.8) is 0 Å². The highest BCUT2D eigenvalue weighted by atomic mass is 16.3. The Kier molecular flexibility index (Phi) is 2.21. The fraction of sp³-hybridized carbons (Fsp3) is 0. The summed E-state index contributed by atoms with van der Waals surface area (Å²) in [4.78, 5) is 0.442. The van der Waals surface area contributed by atoms with Crippen LogP contribution in [0.4, 0.5) is 17.1 Å². The van der Waals surface area contributed by atoms with E-state index in [0.29, 0.717) is 4.90 Å². The first-order valence-corrected chi connectivity index (χ1v) is 12.1. The van der Waals surface area contributed by atoms with Gasteiger partial charge in [-0.1, -0.05) is 121 Å². The Morgan fingerprint density at radius 2 is 1.02 bits per heavy atom. The Bertz CT molecular complexity index is 3600. The average molecular weight is 565 g/mol. The summed E-state index contributed by atoms with van der Waals surface area (Å²) >= 11 is 0. The lowest BCUT2D eigenvalue weighted by Crippen LogP contribution is -2.10. The number of fused-ring (bicyclic) bond motifs is 5. The number of nitrogens with zero attached hydrogens (tertiary/aromatic N) is 1. The van der Waals surface area contributed by atoms with Gasteiger partial charge in [-0.05, 0) is 69.9 Å². The first kappa shape index (κ1) is 9.20. The van der Waals surface area contributed by atoms with E-state index in [9.17, 15) is 8.22 Å². The van der Waals surface area contributed by atoms with Crippen molar-refractivity contribution in [2.24, 2.45) is 0 Å². The Hall–Kier alpha value is -5.60. The summed E-state index contributed by atoms with van der Waals surface area (Å²) in [6, 6.07) is -26.9. The molecule has 42 heavy (non-hydrogen) atoms. The summed E-state index contributed by atoms with van der Waals surface area (Å²) < 4.78 is 244. The van der Waals surface area contributed by atoms with E-state index in [4.69, 9.17) is 33.2 Å². The fourth-order valence-electron chi connectivity index (χ4n) is 4.45. The molecule has 0 aliphatic carbocycles. The zero-order valence-corrected chi connectivity index (χ0v) is 20.9. The van der Waals surface area contributed by atoms with E-state index >= 15 is 0 Å².